The number of piperidine rings is 1. The van der Waals surface area contributed by atoms with Crippen LogP contribution in [-0.4, -0.2) is 59.0 Å². The second-order valence-corrected chi connectivity index (χ2v) is 11.7. The topological polar surface area (TPSA) is 62.3 Å². The highest BCUT2D eigenvalue weighted by Crippen LogP contribution is 2.70. The van der Waals surface area contributed by atoms with E-state index in [0.29, 0.717) is 12.3 Å². The van der Waals surface area contributed by atoms with E-state index < -0.39 is 5.60 Å². The number of esters is 1. The molecule has 1 aromatic rings. The van der Waals surface area contributed by atoms with Crippen molar-refractivity contribution < 1.29 is 19.4 Å². The Hall–Kier alpha value is -1.43. The average molecular weight is 440 g/mol. The summed E-state index contributed by atoms with van der Waals surface area (Å²) in [4.78, 5) is 15.4. The summed E-state index contributed by atoms with van der Waals surface area (Å²) >= 11 is 0. The Labute approximate surface area is 191 Å². The van der Waals surface area contributed by atoms with Gasteiger partial charge >= 0.3 is 5.97 Å². The Morgan fingerprint density at radius 1 is 1.16 bits per heavy atom. The molecule has 174 valence electrons. The molecule has 5 nitrogen and oxygen atoms in total. The summed E-state index contributed by atoms with van der Waals surface area (Å²) in [6.07, 6.45) is 7.02. The predicted octanol–water partition coefficient (Wildman–Crippen LogP) is 3.58. The first-order valence-corrected chi connectivity index (χ1v) is 12.7. The highest BCUT2D eigenvalue weighted by Gasteiger charge is 2.78. The molecule has 3 heterocycles. The SMILES string of the molecule is CC1CCCC2(C)CC3OC(=O)C(CN4CCC(O)(Cc5ccccc5)CC4)C3C3OC132. The fraction of sp³-hybridized carbons (Fsp3) is 0.741. The third-order valence-corrected chi connectivity index (χ3v) is 9.81. The van der Waals surface area contributed by atoms with Gasteiger partial charge in [-0.15, -0.1) is 0 Å². The molecule has 32 heavy (non-hydrogen) atoms. The molecule has 0 aromatic heterocycles. The molecular formula is C27H37NO4. The van der Waals surface area contributed by atoms with Crippen molar-refractivity contribution in [3.05, 3.63) is 35.9 Å². The number of aliphatic hydroxyl groups is 1. The Bertz CT molecular complexity index is 881. The Morgan fingerprint density at radius 3 is 2.66 bits per heavy atom. The first-order valence-electron chi connectivity index (χ1n) is 12.7. The van der Waals surface area contributed by atoms with E-state index in [1.807, 2.05) is 18.2 Å². The van der Waals surface area contributed by atoms with Crippen molar-refractivity contribution >= 4 is 5.97 Å². The lowest BCUT2D eigenvalue weighted by Gasteiger charge is -2.49. The number of rotatable bonds is 4. The second-order valence-electron chi connectivity index (χ2n) is 11.7. The maximum atomic E-state index is 13.0. The van der Waals surface area contributed by atoms with Crippen LogP contribution in [0.4, 0.5) is 0 Å². The number of nitrogens with zero attached hydrogens (tertiary/aromatic N) is 1. The summed E-state index contributed by atoms with van der Waals surface area (Å²) in [6.45, 7) is 7.12. The molecule has 6 rings (SSSR count). The van der Waals surface area contributed by atoms with Crippen molar-refractivity contribution in [1.29, 1.82) is 0 Å². The standard InChI is InChI=1S/C27H37NO4/c1-18-7-6-10-25(2)16-21-22(23-27(18,25)32-23)20(24(29)31-21)17-28-13-11-26(30,12-14-28)15-19-8-4-3-5-9-19/h3-5,8-9,18,20-23,30H,6-7,10-17H2,1-2H3. The number of hydrogen-bond acceptors (Lipinski definition) is 5. The summed E-state index contributed by atoms with van der Waals surface area (Å²) in [5, 5.41) is 11.1. The van der Waals surface area contributed by atoms with Crippen LogP contribution in [0.1, 0.15) is 57.9 Å². The lowest BCUT2D eigenvalue weighted by atomic mass is 9.53. The van der Waals surface area contributed by atoms with Crippen LogP contribution in [0.2, 0.25) is 0 Å². The molecule has 3 saturated heterocycles. The van der Waals surface area contributed by atoms with Crippen molar-refractivity contribution in [1.82, 2.24) is 4.90 Å². The molecule has 0 bridgehead atoms. The van der Waals surface area contributed by atoms with Gasteiger partial charge in [-0.1, -0.05) is 50.6 Å². The molecule has 7 atom stereocenters. The summed E-state index contributed by atoms with van der Waals surface area (Å²) in [6, 6.07) is 10.3. The van der Waals surface area contributed by atoms with Crippen LogP contribution in [0, 0.1) is 23.2 Å². The number of likely N-dealkylation sites (tertiary alicyclic amines) is 1. The predicted molar refractivity (Wildman–Crippen MR) is 121 cm³/mol. The maximum absolute atomic E-state index is 13.0. The van der Waals surface area contributed by atoms with Gasteiger partial charge in [0.05, 0.1) is 17.6 Å². The average Bonchev–Trinajstić information content (AvgIpc) is 3.45. The number of ether oxygens (including phenoxy) is 2. The van der Waals surface area contributed by atoms with E-state index in [4.69, 9.17) is 9.47 Å². The Morgan fingerprint density at radius 2 is 1.91 bits per heavy atom. The van der Waals surface area contributed by atoms with Gasteiger partial charge < -0.3 is 19.5 Å². The molecule has 5 aliphatic rings. The molecule has 1 N–H and O–H groups in total. The third-order valence-electron chi connectivity index (χ3n) is 9.81. The van der Waals surface area contributed by atoms with E-state index in [-0.39, 0.29) is 41.0 Å². The molecule has 2 aliphatic carbocycles. The molecule has 1 spiro atoms. The van der Waals surface area contributed by atoms with E-state index in [9.17, 15) is 9.90 Å². The highest BCUT2D eigenvalue weighted by molar-refractivity contribution is 5.76. The van der Waals surface area contributed by atoms with Crippen LogP contribution in [0.5, 0.6) is 0 Å². The molecule has 3 aliphatic heterocycles. The maximum Gasteiger partial charge on any atom is 0.311 e. The first kappa shape index (κ1) is 21.1. The van der Waals surface area contributed by atoms with E-state index in [0.717, 1.165) is 38.9 Å². The van der Waals surface area contributed by atoms with Crippen LogP contribution >= 0.6 is 0 Å². The molecular weight excluding hydrogens is 402 g/mol. The van der Waals surface area contributed by atoms with Crippen molar-refractivity contribution in [2.75, 3.05) is 19.6 Å². The van der Waals surface area contributed by atoms with Gasteiger partial charge in [-0.05, 0) is 43.6 Å². The molecule has 2 saturated carbocycles. The Balaban J connectivity index is 1.12. The van der Waals surface area contributed by atoms with E-state index in [1.165, 1.54) is 24.8 Å². The van der Waals surface area contributed by atoms with Crippen LogP contribution in [0.15, 0.2) is 30.3 Å². The highest BCUT2D eigenvalue weighted by atomic mass is 16.6. The van der Waals surface area contributed by atoms with Crippen LogP contribution in [0.25, 0.3) is 0 Å². The van der Waals surface area contributed by atoms with Crippen molar-refractivity contribution in [2.24, 2.45) is 23.2 Å². The summed E-state index contributed by atoms with van der Waals surface area (Å²) < 4.78 is 12.6. The number of fused-ring (bicyclic) bond motifs is 2. The fourth-order valence-corrected chi connectivity index (χ4v) is 8.03. The van der Waals surface area contributed by atoms with E-state index in [1.54, 1.807) is 0 Å². The van der Waals surface area contributed by atoms with Gasteiger partial charge in [0, 0.05) is 37.4 Å². The number of carbonyl (C=O) groups excluding carboxylic acids is 1. The van der Waals surface area contributed by atoms with Gasteiger partial charge in [0.25, 0.3) is 0 Å². The van der Waals surface area contributed by atoms with Gasteiger partial charge in [0.1, 0.15) is 11.7 Å². The molecule has 7 unspecified atom stereocenters. The van der Waals surface area contributed by atoms with Crippen LogP contribution in [-0.2, 0) is 20.7 Å². The fourth-order valence-electron chi connectivity index (χ4n) is 8.03. The minimum absolute atomic E-state index is 0.0169. The Kier molecular flexibility index (Phi) is 4.81. The number of epoxide rings is 1. The first-order chi connectivity index (χ1) is 15.3. The quantitative estimate of drug-likeness (QED) is 0.574. The molecule has 1 aromatic carbocycles. The van der Waals surface area contributed by atoms with Gasteiger partial charge in [0.2, 0.25) is 0 Å². The van der Waals surface area contributed by atoms with Crippen LogP contribution < -0.4 is 0 Å². The van der Waals surface area contributed by atoms with Gasteiger partial charge in [-0.2, -0.15) is 0 Å². The zero-order chi connectivity index (χ0) is 22.1. The van der Waals surface area contributed by atoms with Crippen molar-refractivity contribution in [2.45, 2.75) is 82.2 Å². The summed E-state index contributed by atoms with van der Waals surface area (Å²) in [5.74, 6) is 0.641. The van der Waals surface area contributed by atoms with Gasteiger partial charge in [0.15, 0.2) is 0 Å². The van der Waals surface area contributed by atoms with E-state index >= 15 is 0 Å². The number of benzene rings is 1. The van der Waals surface area contributed by atoms with Gasteiger partial charge in [-0.3, -0.25) is 4.79 Å². The monoisotopic (exact) mass is 439 g/mol. The van der Waals surface area contributed by atoms with Crippen molar-refractivity contribution in [3.8, 4) is 0 Å². The van der Waals surface area contributed by atoms with Crippen LogP contribution in [0.3, 0.4) is 0 Å². The van der Waals surface area contributed by atoms with Crippen molar-refractivity contribution in [3.63, 3.8) is 0 Å². The normalized spacial score (nSPS) is 44.8. The lowest BCUT2D eigenvalue weighted by Crippen LogP contribution is -2.55. The zero-order valence-corrected chi connectivity index (χ0v) is 19.5. The smallest absolute Gasteiger partial charge is 0.311 e. The molecule has 0 amide bonds. The number of carbonyl (C=O) groups is 1. The summed E-state index contributed by atoms with van der Waals surface area (Å²) in [5.41, 5.74) is 0.653. The third kappa shape index (κ3) is 3.11. The minimum Gasteiger partial charge on any atom is -0.462 e. The van der Waals surface area contributed by atoms with Gasteiger partial charge in [-0.25, -0.2) is 0 Å². The lowest BCUT2D eigenvalue weighted by molar-refractivity contribution is -0.146. The second kappa shape index (κ2) is 7.28. The molecule has 0 radical (unpaired) electrons. The summed E-state index contributed by atoms with van der Waals surface area (Å²) in [7, 11) is 0. The minimum atomic E-state index is -0.648. The largest absolute Gasteiger partial charge is 0.462 e. The zero-order valence-electron chi connectivity index (χ0n) is 19.5. The molecule has 5 heteroatoms. The number of hydrogen-bond donors (Lipinski definition) is 1. The van der Waals surface area contributed by atoms with E-state index in [2.05, 4.69) is 30.9 Å². The molecule has 5 fully saturated rings.